The molecule has 2 aromatic rings. The van der Waals surface area contributed by atoms with Crippen LogP contribution in [0.1, 0.15) is 23.5 Å². The van der Waals surface area contributed by atoms with Gasteiger partial charge in [0.1, 0.15) is 11.6 Å². The second-order valence-corrected chi connectivity index (χ2v) is 5.96. The first-order valence-corrected chi connectivity index (χ1v) is 7.62. The molecule has 0 radical (unpaired) electrons. The van der Waals surface area contributed by atoms with Crippen LogP contribution >= 0.6 is 11.6 Å². The zero-order chi connectivity index (χ0) is 17.3. The molecule has 7 heteroatoms. The van der Waals surface area contributed by atoms with Crippen molar-refractivity contribution in [3.8, 4) is 6.07 Å². The molecular formula is C17H12ClN3O3. The van der Waals surface area contributed by atoms with E-state index in [1.54, 1.807) is 24.3 Å². The van der Waals surface area contributed by atoms with Gasteiger partial charge in [0.05, 0.1) is 10.6 Å². The van der Waals surface area contributed by atoms with Gasteiger partial charge >= 0.3 is 0 Å². The summed E-state index contributed by atoms with van der Waals surface area (Å²) in [6.45, 7) is 0.434. The fourth-order valence-electron chi connectivity index (χ4n) is 2.85. The van der Waals surface area contributed by atoms with Crippen molar-refractivity contribution in [2.24, 2.45) is 0 Å². The third-order valence-electron chi connectivity index (χ3n) is 4.08. The molecule has 6 nitrogen and oxygen atoms in total. The molecule has 0 saturated carbocycles. The molecule has 120 valence electrons. The lowest BCUT2D eigenvalue weighted by Crippen LogP contribution is -2.24. The van der Waals surface area contributed by atoms with E-state index in [2.05, 4.69) is 0 Å². The summed E-state index contributed by atoms with van der Waals surface area (Å²) in [5.41, 5.74) is 1.11. The monoisotopic (exact) mass is 341 g/mol. The molecule has 24 heavy (non-hydrogen) atoms. The molecule has 0 spiro atoms. The third kappa shape index (κ3) is 2.94. The van der Waals surface area contributed by atoms with Crippen molar-refractivity contribution in [2.75, 3.05) is 11.4 Å². The standard InChI is InChI=1S/C17H12ClN3O3/c18-14-4-1-11(2-5-14)13-7-17(22)20(10-13)15-6-3-12(9-19)16(8-15)21(23)24/h1-6,8,13H,7,10H2. The van der Waals surface area contributed by atoms with Crippen LogP contribution < -0.4 is 4.90 Å². The van der Waals surface area contributed by atoms with Crippen LogP contribution in [-0.4, -0.2) is 17.4 Å². The number of nitro groups is 1. The molecule has 0 aromatic heterocycles. The number of hydrogen-bond acceptors (Lipinski definition) is 4. The maximum absolute atomic E-state index is 12.3. The molecule has 0 aliphatic carbocycles. The van der Waals surface area contributed by atoms with E-state index in [4.69, 9.17) is 16.9 Å². The summed E-state index contributed by atoms with van der Waals surface area (Å²) in [5, 5.41) is 20.7. The number of rotatable bonds is 3. The van der Waals surface area contributed by atoms with Gasteiger partial charge in [-0.1, -0.05) is 23.7 Å². The van der Waals surface area contributed by atoms with Crippen molar-refractivity contribution >= 4 is 28.9 Å². The molecule has 1 saturated heterocycles. The summed E-state index contributed by atoms with van der Waals surface area (Å²) in [5.74, 6) is -0.0987. The van der Waals surface area contributed by atoms with Gasteiger partial charge in [-0.25, -0.2) is 0 Å². The van der Waals surface area contributed by atoms with Gasteiger partial charge in [0.2, 0.25) is 5.91 Å². The Morgan fingerprint density at radius 3 is 2.58 bits per heavy atom. The quantitative estimate of drug-likeness (QED) is 0.629. The van der Waals surface area contributed by atoms with Crippen molar-refractivity contribution < 1.29 is 9.72 Å². The van der Waals surface area contributed by atoms with E-state index in [9.17, 15) is 14.9 Å². The lowest BCUT2D eigenvalue weighted by molar-refractivity contribution is -0.385. The highest BCUT2D eigenvalue weighted by Crippen LogP contribution is 2.34. The maximum atomic E-state index is 12.3. The van der Waals surface area contributed by atoms with Crippen LogP contribution in [0, 0.1) is 21.4 Å². The number of anilines is 1. The Balaban J connectivity index is 1.89. The van der Waals surface area contributed by atoms with Crippen LogP contribution in [0.4, 0.5) is 11.4 Å². The first kappa shape index (κ1) is 16.0. The highest BCUT2D eigenvalue weighted by atomic mass is 35.5. The molecule has 0 bridgehead atoms. The van der Waals surface area contributed by atoms with Crippen molar-refractivity contribution in [1.82, 2.24) is 0 Å². The lowest BCUT2D eigenvalue weighted by atomic mass is 9.98. The summed E-state index contributed by atoms with van der Waals surface area (Å²) >= 11 is 5.88. The smallest absolute Gasteiger partial charge is 0.289 e. The Morgan fingerprint density at radius 1 is 1.25 bits per heavy atom. The third-order valence-corrected chi connectivity index (χ3v) is 4.33. The Labute approximate surface area is 143 Å². The summed E-state index contributed by atoms with van der Waals surface area (Å²) < 4.78 is 0. The van der Waals surface area contributed by atoms with Gasteiger partial charge in [-0.15, -0.1) is 0 Å². The summed E-state index contributed by atoms with van der Waals surface area (Å²) in [6.07, 6.45) is 0.329. The van der Waals surface area contributed by atoms with Crippen LogP contribution in [0.15, 0.2) is 42.5 Å². The SMILES string of the molecule is N#Cc1ccc(N2CC(c3ccc(Cl)cc3)CC2=O)cc1[N+](=O)[O-]. The molecule has 1 amide bonds. The maximum Gasteiger partial charge on any atom is 0.289 e. The number of benzene rings is 2. The fourth-order valence-corrected chi connectivity index (χ4v) is 2.97. The number of nitriles is 1. The van der Waals surface area contributed by atoms with Crippen LogP contribution in [0.5, 0.6) is 0 Å². The Bertz CT molecular complexity index is 858. The number of nitro benzene ring substituents is 1. The fraction of sp³-hybridized carbons (Fsp3) is 0.176. The van der Waals surface area contributed by atoms with Gasteiger partial charge < -0.3 is 4.90 Å². The number of halogens is 1. The number of hydrogen-bond donors (Lipinski definition) is 0. The summed E-state index contributed by atoms with van der Waals surface area (Å²) in [7, 11) is 0. The van der Waals surface area contributed by atoms with E-state index in [0.29, 0.717) is 23.7 Å². The molecular weight excluding hydrogens is 330 g/mol. The molecule has 1 atom stereocenters. The molecule has 1 fully saturated rings. The van der Waals surface area contributed by atoms with Gasteiger partial charge in [0.25, 0.3) is 5.69 Å². The summed E-state index contributed by atoms with van der Waals surface area (Å²) in [6, 6.07) is 13.3. The van der Waals surface area contributed by atoms with Gasteiger partial charge in [0.15, 0.2) is 0 Å². The van der Waals surface area contributed by atoms with Crippen molar-refractivity contribution in [3.05, 3.63) is 68.7 Å². The van der Waals surface area contributed by atoms with E-state index in [-0.39, 0.29) is 23.1 Å². The number of nitrogens with zero attached hydrogens (tertiary/aromatic N) is 3. The number of carbonyl (C=O) groups is 1. The van der Waals surface area contributed by atoms with Crippen LogP contribution in [0.2, 0.25) is 5.02 Å². The highest BCUT2D eigenvalue weighted by Gasteiger charge is 2.32. The average molecular weight is 342 g/mol. The minimum atomic E-state index is -0.612. The molecule has 3 rings (SSSR count). The van der Waals surface area contributed by atoms with E-state index in [1.807, 2.05) is 12.1 Å². The van der Waals surface area contributed by atoms with Gasteiger partial charge in [-0.05, 0) is 29.8 Å². The lowest BCUT2D eigenvalue weighted by Gasteiger charge is -2.17. The highest BCUT2D eigenvalue weighted by molar-refractivity contribution is 6.30. The molecule has 1 heterocycles. The Morgan fingerprint density at radius 2 is 1.96 bits per heavy atom. The van der Waals surface area contributed by atoms with Gasteiger partial charge in [-0.2, -0.15) is 5.26 Å². The van der Waals surface area contributed by atoms with E-state index < -0.39 is 4.92 Å². The second-order valence-electron chi connectivity index (χ2n) is 5.53. The predicted molar refractivity (Wildman–Crippen MR) is 89.0 cm³/mol. The minimum Gasteiger partial charge on any atom is -0.312 e. The van der Waals surface area contributed by atoms with Crippen LogP contribution in [-0.2, 0) is 4.79 Å². The van der Waals surface area contributed by atoms with Gasteiger partial charge in [0, 0.05) is 30.0 Å². The largest absolute Gasteiger partial charge is 0.312 e. The number of carbonyl (C=O) groups excluding carboxylic acids is 1. The summed E-state index contributed by atoms with van der Waals surface area (Å²) in [4.78, 5) is 24.3. The Hall–Kier alpha value is -2.91. The topological polar surface area (TPSA) is 87.2 Å². The van der Waals surface area contributed by atoms with E-state index >= 15 is 0 Å². The first-order valence-electron chi connectivity index (χ1n) is 7.24. The normalized spacial score (nSPS) is 16.9. The number of amides is 1. The zero-order valence-electron chi connectivity index (χ0n) is 12.5. The zero-order valence-corrected chi connectivity index (χ0v) is 13.2. The molecule has 0 N–H and O–H groups in total. The van der Waals surface area contributed by atoms with Crippen LogP contribution in [0.25, 0.3) is 0 Å². The Kier molecular flexibility index (Phi) is 4.19. The van der Waals surface area contributed by atoms with Crippen molar-refractivity contribution in [3.63, 3.8) is 0 Å². The molecule has 1 aliphatic rings. The van der Waals surface area contributed by atoms with Crippen molar-refractivity contribution in [1.29, 1.82) is 5.26 Å². The minimum absolute atomic E-state index is 0.00414. The van der Waals surface area contributed by atoms with Crippen LogP contribution in [0.3, 0.4) is 0 Å². The van der Waals surface area contributed by atoms with E-state index in [1.165, 1.54) is 17.0 Å². The average Bonchev–Trinajstić information content (AvgIpc) is 2.96. The van der Waals surface area contributed by atoms with Crippen molar-refractivity contribution in [2.45, 2.75) is 12.3 Å². The predicted octanol–water partition coefficient (Wildman–Crippen LogP) is 3.64. The second kappa shape index (κ2) is 6.30. The van der Waals surface area contributed by atoms with E-state index in [0.717, 1.165) is 5.56 Å². The molecule has 2 aromatic carbocycles. The first-order chi connectivity index (χ1) is 11.5. The molecule has 1 aliphatic heterocycles. The van der Waals surface area contributed by atoms with Gasteiger partial charge in [-0.3, -0.25) is 14.9 Å². The molecule has 1 unspecified atom stereocenters.